The molecule has 0 aromatic carbocycles. The molecule has 1 N–H and O–H groups in total. The molecule has 0 aliphatic rings. The van der Waals surface area contributed by atoms with Gasteiger partial charge >= 0.3 is 6.03 Å². The Balaban J connectivity index is 3.65. The standard InChI is InChI=1S/C5H12N2O3/c1-4-6-5(8)7(9-2)10-3/h4H2,1-3H3,(H,6,8). The number of nitrogens with zero attached hydrogens (tertiary/aromatic N) is 1. The first kappa shape index (κ1) is 9.19. The van der Waals surface area contributed by atoms with Crippen LogP contribution in [0.5, 0.6) is 0 Å². The van der Waals surface area contributed by atoms with Crippen LogP contribution in [0.1, 0.15) is 6.92 Å². The van der Waals surface area contributed by atoms with Gasteiger partial charge in [-0.2, -0.15) is 0 Å². The highest BCUT2D eigenvalue weighted by Gasteiger charge is 2.09. The number of urea groups is 1. The largest absolute Gasteiger partial charge is 0.366 e. The Morgan fingerprint density at radius 2 is 2.00 bits per heavy atom. The maximum atomic E-state index is 10.8. The van der Waals surface area contributed by atoms with Gasteiger partial charge in [-0.05, 0) is 6.92 Å². The molecule has 60 valence electrons. The van der Waals surface area contributed by atoms with Crippen molar-refractivity contribution in [2.45, 2.75) is 6.92 Å². The van der Waals surface area contributed by atoms with Crippen molar-refractivity contribution in [3.05, 3.63) is 0 Å². The summed E-state index contributed by atoms with van der Waals surface area (Å²) >= 11 is 0. The van der Waals surface area contributed by atoms with E-state index < -0.39 is 6.03 Å². The zero-order valence-corrected chi connectivity index (χ0v) is 6.38. The fourth-order valence-electron chi connectivity index (χ4n) is 0.456. The third-order valence-corrected chi connectivity index (χ3v) is 0.825. The van der Waals surface area contributed by atoms with E-state index in [0.717, 1.165) is 5.23 Å². The Morgan fingerprint density at radius 3 is 2.30 bits per heavy atom. The second-order valence-corrected chi connectivity index (χ2v) is 1.46. The summed E-state index contributed by atoms with van der Waals surface area (Å²) < 4.78 is 0. The first-order valence-corrected chi connectivity index (χ1v) is 2.92. The Bertz CT molecular complexity index is 103. The van der Waals surface area contributed by atoms with E-state index in [2.05, 4.69) is 15.0 Å². The van der Waals surface area contributed by atoms with Gasteiger partial charge in [0.15, 0.2) is 0 Å². The van der Waals surface area contributed by atoms with E-state index in [1.807, 2.05) is 0 Å². The summed E-state index contributed by atoms with van der Waals surface area (Å²) in [5.74, 6) is 0. The Kier molecular flexibility index (Phi) is 4.61. The smallest absolute Gasteiger partial charge is 0.335 e. The minimum Gasteiger partial charge on any atom is -0.335 e. The maximum Gasteiger partial charge on any atom is 0.366 e. The van der Waals surface area contributed by atoms with Crippen molar-refractivity contribution < 1.29 is 14.5 Å². The Morgan fingerprint density at radius 1 is 1.50 bits per heavy atom. The molecular weight excluding hydrogens is 136 g/mol. The number of hydroxylamine groups is 2. The predicted molar refractivity (Wildman–Crippen MR) is 34.9 cm³/mol. The summed E-state index contributed by atoms with van der Waals surface area (Å²) in [6.07, 6.45) is 0. The monoisotopic (exact) mass is 148 g/mol. The number of carbonyl (C=O) groups is 1. The molecule has 0 fully saturated rings. The van der Waals surface area contributed by atoms with Gasteiger partial charge in [0.1, 0.15) is 0 Å². The molecule has 0 radical (unpaired) electrons. The van der Waals surface area contributed by atoms with Crippen LogP contribution >= 0.6 is 0 Å². The molecule has 0 unspecified atom stereocenters. The van der Waals surface area contributed by atoms with Crippen LogP contribution in [-0.2, 0) is 9.68 Å². The molecule has 0 saturated carbocycles. The lowest BCUT2D eigenvalue weighted by Gasteiger charge is -2.15. The molecule has 5 nitrogen and oxygen atoms in total. The first-order chi connectivity index (χ1) is 4.76. The number of hydrogen-bond donors (Lipinski definition) is 1. The molecular formula is C5H12N2O3. The van der Waals surface area contributed by atoms with Gasteiger partial charge in [0.05, 0.1) is 14.2 Å². The van der Waals surface area contributed by atoms with E-state index in [4.69, 9.17) is 0 Å². The highest BCUT2D eigenvalue weighted by atomic mass is 16.9. The normalized spacial score (nSPS) is 9.10. The van der Waals surface area contributed by atoms with Crippen molar-refractivity contribution in [2.75, 3.05) is 20.8 Å². The van der Waals surface area contributed by atoms with E-state index in [0.29, 0.717) is 6.54 Å². The van der Waals surface area contributed by atoms with Crippen molar-refractivity contribution in [1.82, 2.24) is 10.5 Å². The molecule has 0 aromatic rings. The number of carbonyl (C=O) groups excluding carboxylic acids is 1. The third kappa shape index (κ3) is 2.65. The van der Waals surface area contributed by atoms with E-state index in [1.54, 1.807) is 6.92 Å². The van der Waals surface area contributed by atoms with Gasteiger partial charge in [-0.3, -0.25) is 0 Å². The van der Waals surface area contributed by atoms with Crippen LogP contribution in [0.25, 0.3) is 0 Å². The highest BCUT2D eigenvalue weighted by Crippen LogP contribution is 1.87. The van der Waals surface area contributed by atoms with Crippen LogP contribution in [0.4, 0.5) is 4.79 Å². The number of rotatable bonds is 3. The molecule has 0 heterocycles. The van der Waals surface area contributed by atoms with Crippen LogP contribution in [0, 0.1) is 0 Å². The van der Waals surface area contributed by atoms with Gasteiger partial charge in [0, 0.05) is 6.54 Å². The van der Waals surface area contributed by atoms with Crippen molar-refractivity contribution in [3.8, 4) is 0 Å². The van der Waals surface area contributed by atoms with Gasteiger partial charge in [0.2, 0.25) is 0 Å². The molecule has 0 spiro atoms. The molecule has 0 bridgehead atoms. The lowest BCUT2D eigenvalue weighted by Crippen LogP contribution is -2.38. The summed E-state index contributed by atoms with van der Waals surface area (Å²) in [6, 6.07) is -0.410. The molecule has 0 saturated heterocycles. The zero-order chi connectivity index (χ0) is 7.98. The minimum absolute atomic E-state index is 0.410. The molecule has 0 aliphatic heterocycles. The van der Waals surface area contributed by atoms with Crippen molar-refractivity contribution in [2.24, 2.45) is 0 Å². The summed E-state index contributed by atoms with van der Waals surface area (Å²) in [5.41, 5.74) is 0. The molecule has 0 rings (SSSR count). The van der Waals surface area contributed by atoms with E-state index in [1.165, 1.54) is 14.2 Å². The topological polar surface area (TPSA) is 50.8 Å². The Hall–Kier alpha value is -0.810. The molecule has 2 amide bonds. The van der Waals surface area contributed by atoms with Crippen LogP contribution in [0.15, 0.2) is 0 Å². The van der Waals surface area contributed by atoms with Gasteiger partial charge < -0.3 is 5.32 Å². The second kappa shape index (κ2) is 5.01. The predicted octanol–water partition coefficient (Wildman–Crippen LogP) is 0.141. The number of amides is 2. The van der Waals surface area contributed by atoms with Crippen molar-refractivity contribution in [3.63, 3.8) is 0 Å². The van der Waals surface area contributed by atoms with Gasteiger partial charge in [-0.1, -0.05) is 5.23 Å². The number of hydrogen-bond acceptors (Lipinski definition) is 3. The van der Waals surface area contributed by atoms with Gasteiger partial charge in [0.25, 0.3) is 0 Å². The average Bonchev–Trinajstić information content (AvgIpc) is 1.91. The quantitative estimate of drug-likeness (QED) is 0.579. The molecule has 0 aromatic heterocycles. The summed E-state index contributed by atoms with van der Waals surface area (Å²) in [6.45, 7) is 2.35. The first-order valence-electron chi connectivity index (χ1n) is 2.92. The SMILES string of the molecule is CCNC(=O)N(OC)OC. The van der Waals surface area contributed by atoms with Crippen molar-refractivity contribution >= 4 is 6.03 Å². The fraction of sp³-hybridized carbons (Fsp3) is 0.800. The summed E-state index contributed by atoms with van der Waals surface area (Å²) in [5, 5.41) is 3.24. The average molecular weight is 148 g/mol. The summed E-state index contributed by atoms with van der Waals surface area (Å²) in [7, 11) is 2.69. The van der Waals surface area contributed by atoms with E-state index in [-0.39, 0.29) is 0 Å². The molecule has 0 atom stereocenters. The number of nitrogens with one attached hydrogen (secondary N) is 1. The van der Waals surface area contributed by atoms with Crippen LogP contribution in [0.2, 0.25) is 0 Å². The van der Waals surface area contributed by atoms with Gasteiger partial charge in [-0.15, -0.1) is 0 Å². The lowest BCUT2D eigenvalue weighted by molar-refractivity contribution is -0.298. The van der Waals surface area contributed by atoms with E-state index in [9.17, 15) is 4.79 Å². The maximum absolute atomic E-state index is 10.8. The fourth-order valence-corrected chi connectivity index (χ4v) is 0.456. The van der Waals surface area contributed by atoms with Crippen LogP contribution < -0.4 is 5.32 Å². The minimum atomic E-state index is -0.410. The van der Waals surface area contributed by atoms with Crippen molar-refractivity contribution in [1.29, 1.82) is 0 Å². The Labute approximate surface area is 59.8 Å². The summed E-state index contributed by atoms with van der Waals surface area (Å²) in [4.78, 5) is 19.8. The highest BCUT2D eigenvalue weighted by molar-refractivity contribution is 5.71. The zero-order valence-electron chi connectivity index (χ0n) is 6.38. The second-order valence-electron chi connectivity index (χ2n) is 1.46. The van der Waals surface area contributed by atoms with Crippen LogP contribution in [-0.4, -0.2) is 32.0 Å². The third-order valence-electron chi connectivity index (χ3n) is 0.825. The van der Waals surface area contributed by atoms with Gasteiger partial charge in [-0.25, -0.2) is 14.5 Å². The molecule has 0 aliphatic carbocycles. The van der Waals surface area contributed by atoms with Crippen LogP contribution in [0.3, 0.4) is 0 Å². The molecule has 10 heavy (non-hydrogen) atoms. The molecule has 5 heteroatoms. The lowest BCUT2D eigenvalue weighted by atomic mass is 10.7. The van der Waals surface area contributed by atoms with E-state index >= 15 is 0 Å².